The minimum atomic E-state index is -0.535. The number of pyridine rings is 2. The minimum absolute atomic E-state index is 0.00454. The third-order valence-corrected chi connectivity index (χ3v) is 6.91. The summed E-state index contributed by atoms with van der Waals surface area (Å²) in [5.74, 6) is 0.335. The molecular weight excluding hydrogens is 457 g/mol. The number of fused-ring (bicyclic) bond motifs is 3. The Morgan fingerprint density at radius 1 is 1.29 bits per heavy atom. The molecule has 5 rings (SSSR count). The van der Waals surface area contributed by atoms with Crippen LogP contribution in [0.25, 0.3) is 10.9 Å². The molecule has 0 aromatic carbocycles. The number of nitrogens with zero attached hydrogens (tertiary/aromatic N) is 4. The number of anilines is 3. The van der Waals surface area contributed by atoms with Crippen LogP contribution in [0.1, 0.15) is 37.8 Å². The van der Waals surface area contributed by atoms with Crippen LogP contribution < -0.4 is 10.6 Å². The predicted molar refractivity (Wildman–Crippen MR) is 131 cm³/mol. The number of aromatic amines is 1. The topological polar surface area (TPSA) is 108 Å². The maximum Gasteiger partial charge on any atom is 0.301 e. The van der Waals surface area contributed by atoms with Crippen LogP contribution in [0.15, 0.2) is 24.4 Å². The standard InChI is InChI=1S/C23H26FN7O2S/c1-12-9-17(30-29-12)27-21-18(24)19-16(7-4-8-25-19)20(28-21)26-13-10-14-5-3-6-15(11-13)31(14)22(32)23(34)33-2/h4,7-9,13-15H,3,5-6,10-11H2,1-2H3,(H3,26,27,28,29,30)/t13?,14-,15+. The van der Waals surface area contributed by atoms with Crippen molar-refractivity contribution in [1.29, 1.82) is 0 Å². The molecule has 1 amide bonds. The van der Waals surface area contributed by atoms with Crippen LogP contribution in [-0.2, 0) is 9.53 Å². The number of thiocarbonyl (C=S) groups is 1. The highest BCUT2D eigenvalue weighted by atomic mass is 32.1. The van der Waals surface area contributed by atoms with Gasteiger partial charge in [0, 0.05) is 41.5 Å². The summed E-state index contributed by atoms with van der Waals surface area (Å²) in [7, 11) is 1.43. The third-order valence-electron chi connectivity index (χ3n) is 6.56. The summed E-state index contributed by atoms with van der Waals surface area (Å²) in [6, 6.07) is 5.55. The Morgan fingerprint density at radius 2 is 2.06 bits per heavy atom. The molecule has 1 unspecified atom stereocenters. The zero-order valence-electron chi connectivity index (χ0n) is 19.0. The molecule has 34 heavy (non-hydrogen) atoms. The summed E-state index contributed by atoms with van der Waals surface area (Å²) in [6.07, 6.45) is 5.96. The van der Waals surface area contributed by atoms with E-state index in [2.05, 4.69) is 30.8 Å². The molecule has 11 heteroatoms. The van der Waals surface area contributed by atoms with Crippen molar-refractivity contribution in [2.45, 2.75) is 57.2 Å². The lowest BCUT2D eigenvalue weighted by Gasteiger charge is -2.48. The van der Waals surface area contributed by atoms with Crippen molar-refractivity contribution in [1.82, 2.24) is 25.1 Å². The number of aryl methyl sites for hydroxylation is 1. The third kappa shape index (κ3) is 4.15. The lowest BCUT2D eigenvalue weighted by Crippen LogP contribution is -2.58. The molecular formula is C23H26FN7O2S. The number of rotatable bonds is 4. The summed E-state index contributed by atoms with van der Waals surface area (Å²) in [5, 5.41) is 14.0. The van der Waals surface area contributed by atoms with Crippen LogP contribution in [0, 0.1) is 12.7 Å². The van der Waals surface area contributed by atoms with Crippen molar-refractivity contribution < 1.29 is 13.9 Å². The van der Waals surface area contributed by atoms with E-state index >= 15 is 4.39 Å². The number of carbonyl (C=O) groups is 1. The molecule has 2 aliphatic rings. The first-order valence-electron chi connectivity index (χ1n) is 11.3. The van der Waals surface area contributed by atoms with Gasteiger partial charge in [-0.15, -0.1) is 0 Å². The van der Waals surface area contributed by atoms with Crippen molar-refractivity contribution in [3.8, 4) is 0 Å². The van der Waals surface area contributed by atoms with E-state index in [1.807, 2.05) is 11.8 Å². The molecule has 2 bridgehead atoms. The van der Waals surface area contributed by atoms with Gasteiger partial charge >= 0.3 is 5.91 Å². The molecule has 3 aromatic rings. The van der Waals surface area contributed by atoms with Crippen LogP contribution in [0.5, 0.6) is 0 Å². The molecule has 5 heterocycles. The van der Waals surface area contributed by atoms with Gasteiger partial charge in [-0.3, -0.25) is 14.9 Å². The van der Waals surface area contributed by atoms with Crippen LogP contribution in [0.4, 0.5) is 21.8 Å². The molecule has 0 aliphatic carbocycles. The molecule has 3 atom stereocenters. The molecule has 2 fully saturated rings. The fraction of sp³-hybridized carbons (Fsp3) is 0.435. The Labute approximate surface area is 201 Å². The number of ether oxygens (including phenoxy) is 1. The number of hydrogen-bond acceptors (Lipinski definition) is 8. The average Bonchev–Trinajstić information content (AvgIpc) is 3.25. The van der Waals surface area contributed by atoms with E-state index in [1.54, 1.807) is 24.4 Å². The molecule has 2 aliphatic heterocycles. The number of amides is 1. The second-order valence-electron chi connectivity index (χ2n) is 8.84. The van der Waals surface area contributed by atoms with Crippen LogP contribution >= 0.6 is 12.2 Å². The van der Waals surface area contributed by atoms with Gasteiger partial charge in [0.1, 0.15) is 11.3 Å². The zero-order chi connectivity index (χ0) is 23.8. The highest BCUT2D eigenvalue weighted by molar-refractivity contribution is 7.81. The highest BCUT2D eigenvalue weighted by Gasteiger charge is 2.42. The maximum absolute atomic E-state index is 15.2. The number of methoxy groups -OCH3 is 1. The second kappa shape index (κ2) is 9.13. The number of nitrogens with one attached hydrogen (secondary N) is 3. The van der Waals surface area contributed by atoms with E-state index in [0.29, 0.717) is 17.0 Å². The van der Waals surface area contributed by atoms with Gasteiger partial charge in [-0.1, -0.05) is 0 Å². The van der Waals surface area contributed by atoms with E-state index < -0.39 is 5.82 Å². The summed E-state index contributed by atoms with van der Waals surface area (Å²) in [5.41, 5.74) is 1.08. The van der Waals surface area contributed by atoms with Crippen molar-refractivity contribution in [3.63, 3.8) is 0 Å². The maximum atomic E-state index is 15.2. The van der Waals surface area contributed by atoms with E-state index in [4.69, 9.17) is 17.0 Å². The predicted octanol–water partition coefficient (Wildman–Crippen LogP) is 3.84. The lowest BCUT2D eigenvalue weighted by molar-refractivity contribution is -0.134. The molecule has 0 saturated carbocycles. The lowest BCUT2D eigenvalue weighted by atomic mass is 9.81. The number of hydrogen-bond donors (Lipinski definition) is 3. The number of piperidine rings is 2. The van der Waals surface area contributed by atoms with Crippen molar-refractivity contribution in [2.24, 2.45) is 0 Å². The van der Waals surface area contributed by atoms with Gasteiger partial charge in [0.25, 0.3) is 5.05 Å². The van der Waals surface area contributed by atoms with Gasteiger partial charge in [-0.25, -0.2) is 9.37 Å². The van der Waals surface area contributed by atoms with Crippen molar-refractivity contribution >= 4 is 51.5 Å². The normalized spacial score (nSPS) is 21.9. The van der Waals surface area contributed by atoms with Gasteiger partial charge in [0.2, 0.25) is 0 Å². The van der Waals surface area contributed by atoms with Gasteiger partial charge < -0.3 is 20.3 Å². The summed E-state index contributed by atoms with van der Waals surface area (Å²) < 4.78 is 20.3. The Balaban J connectivity index is 1.43. The Hall–Kier alpha value is -3.34. The fourth-order valence-corrected chi connectivity index (χ4v) is 5.22. The van der Waals surface area contributed by atoms with Crippen LogP contribution in [-0.4, -0.2) is 61.3 Å². The number of halogens is 1. The van der Waals surface area contributed by atoms with E-state index in [-0.39, 0.29) is 40.4 Å². The van der Waals surface area contributed by atoms with E-state index in [9.17, 15) is 4.79 Å². The fourth-order valence-electron chi connectivity index (χ4n) is 5.12. The number of aromatic nitrogens is 4. The zero-order valence-corrected chi connectivity index (χ0v) is 19.8. The summed E-state index contributed by atoms with van der Waals surface area (Å²) >= 11 is 5.11. The summed E-state index contributed by atoms with van der Waals surface area (Å²) in [6.45, 7) is 1.87. The van der Waals surface area contributed by atoms with E-state index in [0.717, 1.165) is 37.8 Å². The van der Waals surface area contributed by atoms with E-state index in [1.165, 1.54) is 7.11 Å². The largest absolute Gasteiger partial charge is 0.483 e. The van der Waals surface area contributed by atoms with Crippen molar-refractivity contribution in [2.75, 3.05) is 17.7 Å². The monoisotopic (exact) mass is 483 g/mol. The second-order valence-corrected chi connectivity index (χ2v) is 9.21. The molecule has 3 aromatic heterocycles. The molecule has 3 N–H and O–H groups in total. The average molecular weight is 484 g/mol. The van der Waals surface area contributed by atoms with Crippen LogP contribution in [0.3, 0.4) is 0 Å². The molecule has 9 nitrogen and oxygen atoms in total. The van der Waals surface area contributed by atoms with Gasteiger partial charge in [0.05, 0.1) is 7.11 Å². The highest BCUT2D eigenvalue weighted by Crippen LogP contribution is 2.37. The molecule has 0 radical (unpaired) electrons. The number of carbonyl (C=O) groups excluding carboxylic acids is 1. The quantitative estimate of drug-likeness (QED) is 0.481. The summed E-state index contributed by atoms with van der Waals surface area (Å²) in [4.78, 5) is 23.5. The molecule has 0 spiro atoms. The van der Waals surface area contributed by atoms with Gasteiger partial charge in [-0.2, -0.15) is 5.10 Å². The van der Waals surface area contributed by atoms with Gasteiger partial charge in [0.15, 0.2) is 17.5 Å². The Bertz CT molecular complexity index is 1240. The van der Waals surface area contributed by atoms with Gasteiger partial charge in [-0.05, 0) is 63.4 Å². The number of H-pyrrole nitrogens is 1. The SMILES string of the molecule is COC(=S)C(=O)N1[C@@H]2CCC[C@H]1CC(Nc1nc(Nc3cc(C)[nH]n3)c(F)c3ncccc13)C2. The van der Waals surface area contributed by atoms with Crippen LogP contribution in [0.2, 0.25) is 0 Å². The Morgan fingerprint density at radius 3 is 2.74 bits per heavy atom. The first kappa shape index (κ1) is 22.5. The molecule has 2 saturated heterocycles. The first-order valence-corrected chi connectivity index (χ1v) is 11.8. The first-order chi connectivity index (χ1) is 16.4. The molecule has 178 valence electrons. The smallest absolute Gasteiger partial charge is 0.301 e. The van der Waals surface area contributed by atoms with Crippen molar-refractivity contribution in [3.05, 3.63) is 35.9 Å². The Kier molecular flexibility index (Phi) is 6.03. The minimum Gasteiger partial charge on any atom is -0.483 e.